The van der Waals surface area contributed by atoms with Gasteiger partial charge in [-0.25, -0.2) is 11.4 Å². The summed E-state index contributed by atoms with van der Waals surface area (Å²) in [6.45, 7) is 7.26. The minimum absolute atomic E-state index is 0.00439. The maximum Gasteiger partial charge on any atom is 0.333 e. The van der Waals surface area contributed by atoms with Crippen molar-refractivity contribution in [2.24, 2.45) is 0 Å². The van der Waals surface area contributed by atoms with Gasteiger partial charge in [0.15, 0.2) is 0 Å². The lowest BCUT2D eigenvalue weighted by Crippen LogP contribution is -2.40. The first kappa shape index (κ1) is 65.2. The molecule has 0 amide bonds. The molecule has 24 heteroatoms. The Hall–Kier alpha value is -7.99. The SMILES string of the molecule is [C-]#[N+]CCOP(C)(=O)OC1CC(n2ccc(=O)n(CCCCCC#Cc3cc(CN(CC(=O)OC)CC(=O)OC)nc(CN(CC(=O)OC)CC(=O)OC)c3)c2=O)OC1COC(c1ccccc1)(c1ccc(OC)cc1)c1ccc(OC)cc1. The Morgan fingerprint density at radius 2 is 1.26 bits per heavy atom. The van der Waals surface area contributed by atoms with Crippen LogP contribution in [0.25, 0.3) is 4.85 Å². The van der Waals surface area contributed by atoms with E-state index < -0.39 is 66.8 Å². The zero-order valence-electron chi connectivity index (χ0n) is 48.2. The fraction of sp³-hybridized carbons (Fsp3) is 0.433. The zero-order valence-corrected chi connectivity index (χ0v) is 49.1. The molecule has 0 aliphatic carbocycles. The van der Waals surface area contributed by atoms with Gasteiger partial charge in [0, 0.05) is 57.0 Å². The highest BCUT2D eigenvalue weighted by atomic mass is 31.2. The van der Waals surface area contributed by atoms with Crippen LogP contribution in [0.3, 0.4) is 0 Å². The van der Waals surface area contributed by atoms with Crippen LogP contribution in [0.1, 0.15) is 72.0 Å². The van der Waals surface area contributed by atoms with E-state index in [2.05, 4.69) is 16.7 Å². The summed E-state index contributed by atoms with van der Waals surface area (Å²) in [5, 5.41) is 0. The standard InChI is InChI=1S/C60H71N6O17P/c1-61-29-32-81-84(8,73)83-51-35-54(82-52(51)42-80-60(44-18-14-12-15-19-44,45-20-24-49(74-2)25-21-45)46-22-26-50(75-3)27-23-46)66-31-28-53(67)65(59(66)72)30-16-11-9-10-13-17-43-33-47(36-63(38-55(68)76-4)39-56(69)77-5)62-48(34-43)37-64(40-57(70)78-6)41-58(71)79-7/h12,14-15,18-28,31,33-34,51-52,54H,9-11,16,29-30,32,35-42H2,2-8H3. The fourth-order valence-corrected chi connectivity index (χ4v) is 10.6. The van der Waals surface area contributed by atoms with Crippen LogP contribution in [-0.2, 0) is 86.4 Å². The number of nitrogens with zero attached hydrogens (tertiary/aromatic N) is 6. The molecule has 84 heavy (non-hydrogen) atoms. The lowest BCUT2D eigenvalue weighted by atomic mass is 9.80. The summed E-state index contributed by atoms with van der Waals surface area (Å²) in [7, 11) is 4.26. The number of hydrogen-bond acceptors (Lipinski definition) is 20. The maximum absolute atomic E-state index is 14.3. The van der Waals surface area contributed by atoms with Gasteiger partial charge >= 0.3 is 37.2 Å². The highest BCUT2D eigenvalue weighted by molar-refractivity contribution is 7.53. The van der Waals surface area contributed by atoms with Crippen LogP contribution in [0.4, 0.5) is 0 Å². The van der Waals surface area contributed by atoms with Crippen LogP contribution in [0.5, 0.6) is 11.5 Å². The molecule has 0 bridgehead atoms. The molecular weight excluding hydrogens is 1110 g/mol. The van der Waals surface area contributed by atoms with Gasteiger partial charge in [-0.05, 0) is 65.9 Å². The second-order valence-corrected chi connectivity index (χ2v) is 21.4. The number of rotatable bonds is 31. The number of pyridine rings is 1. The summed E-state index contributed by atoms with van der Waals surface area (Å²) < 4.78 is 72.3. The molecule has 4 atom stereocenters. The van der Waals surface area contributed by atoms with Crippen molar-refractivity contribution in [3.8, 4) is 23.3 Å². The van der Waals surface area contributed by atoms with Crippen LogP contribution in [0.2, 0.25) is 0 Å². The summed E-state index contributed by atoms with van der Waals surface area (Å²) in [6, 6.07) is 29.3. The summed E-state index contributed by atoms with van der Waals surface area (Å²) in [6.07, 6.45) is 0.478. The lowest BCUT2D eigenvalue weighted by molar-refractivity contribution is -0.147. The van der Waals surface area contributed by atoms with Crippen molar-refractivity contribution >= 4 is 31.5 Å². The molecule has 6 rings (SSSR count). The number of aromatic nitrogens is 3. The van der Waals surface area contributed by atoms with Gasteiger partial charge in [0.1, 0.15) is 36.0 Å². The van der Waals surface area contributed by atoms with Gasteiger partial charge in [-0.3, -0.25) is 52.5 Å². The molecule has 3 aromatic carbocycles. The quantitative estimate of drug-likeness (QED) is 0.00972. The Morgan fingerprint density at radius 1 is 0.738 bits per heavy atom. The second-order valence-electron chi connectivity index (χ2n) is 19.4. The Labute approximate surface area is 487 Å². The molecule has 0 radical (unpaired) electrons. The van der Waals surface area contributed by atoms with E-state index in [1.54, 1.807) is 26.4 Å². The Bertz CT molecular complexity index is 3140. The summed E-state index contributed by atoms with van der Waals surface area (Å²) >= 11 is 0. The molecule has 2 aromatic heterocycles. The topological polar surface area (TPSA) is 245 Å². The number of carbonyl (C=O) groups is 4. The molecule has 5 aromatic rings. The minimum Gasteiger partial charge on any atom is -0.497 e. The molecular formula is C60H71N6O17P. The van der Waals surface area contributed by atoms with E-state index in [9.17, 15) is 33.3 Å². The first-order valence-electron chi connectivity index (χ1n) is 26.9. The molecule has 1 aliphatic heterocycles. The van der Waals surface area contributed by atoms with Gasteiger partial charge in [-0.15, -0.1) is 0 Å². The van der Waals surface area contributed by atoms with Crippen molar-refractivity contribution in [1.82, 2.24) is 23.9 Å². The molecule has 23 nitrogen and oxygen atoms in total. The Balaban J connectivity index is 1.21. The Morgan fingerprint density at radius 3 is 1.76 bits per heavy atom. The smallest absolute Gasteiger partial charge is 0.333 e. The van der Waals surface area contributed by atoms with Gasteiger partial charge in [0.2, 0.25) is 6.54 Å². The molecule has 3 heterocycles. The fourth-order valence-electron chi connectivity index (χ4n) is 9.39. The van der Waals surface area contributed by atoms with E-state index in [1.807, 2.05) is 78.9 Å². The van der Waals surface area contributed by atoms with Crippen molar-refractivity contribution in [3.05, 3.63) is 169 Å². The molecule has 1 saturated heterocycles. The average Bonchev–Trinajstić information content (AvgIpc) is 3.84. The van der Waals surface area contributed by atoms with Crippen molar-refractivity contribution in [2.75, 3.05) is 95.3 Å². The van der Waals surface area contributed by atoms with Crippen LogP contribution in [0.15, 0.2) is 113 Å². The van der Waals surface area contributed by atoms with Gasteiger partial charge in [-0.2, -0.15) is 0 Å². The van der Waals surface area contributed by atoms with Crippen LogP contribution >= 0.6 is 7.60 Å². The molecule has 4 unspecified atom stereocenters. The summed E-state index contributed by atoms with van der Waals surface area (Å²) in [5.74, 6) is 5.20. The van der Waals surface area contributed by atoms with Crippen molar-refractivity contribution in [2.45, 2.75) is 75.8 Å². The van der Waals surface area contributed by atoms with Crippen LogP contribution in [-0.4, -0.2) is 155 Å². The maximum atomic E-state index is 14.3. The molecule has 448 valence electrons. The third-order valence-electron chi connectivity index (χ3n) is 13.5. The number of ether oxygens (including phenoxy) is 8. The van der Waals surface area contributed by atoms with Crippen LogP contribution < -0.4 is 20.7 Å². The predicted molar refractivity (Wildman–Crippen MR) is 306 cm³/mol. The normalized spacial score (nSPS) is 15.5. The number of methoxy groups -OCH3 is 6. The number of unbranched alkanes of at least 4 members (excludes halogenated alkanes) is 3. The first-order valence-corrected chi connectivity index (χ1v) is 28.9. The van der Waals surface area contributed by atoms with E-state index in [4.69, 9.17) is 58.5 Å². The highest BCUT2D eigenvalue weighted by Crippen LogP contribution is 2.49. The van der Waals surface area contributed by atoms with Gasteiger partial charge in [0.25, 0.3) is 5.56 Å². The lowest BCUT2D eigenvalue weighted by Gasteiger charge is -2.37. The third-order valence-corrected chi connectivity index (χ3v) is 14.8. The largest absolute Gasteiger partial charge is 0.497 e. The van der Waals surface area contributed by atoms with Crippen LogP contribution in [0, 0.1) is 18.4 Å². The number of benzene rings is 3. The summed E-state index contributed by atoms with van der Waals surface area (Å²) in [5.41, 5.74) is 1.20. The third kappa shape index (κ3) is 18.5. The van der Waals surface area contributed by atoms with E-state index in [0.29, 0.717) is 54.1 Å². The molecule has 0 saturated carbocycles. The molecule has 1 aliphatic rings. The van der Waals surface area contributed by atoms with E-state index in [1.165, 1.54) is 61.7 Å². The monoisotopic (exact) mass is 1180 g/mol. The molecule has 0 spiro atoms. The van der Waals surface area contributed by atoms with E-state index >= 15 is 0 Å². The first-order chi connectivity index (χ1) is 40.5. The van der Waals surface area contributed by atoms with Crippen molar-refractivity contribution in [3.63, 3.8) is 0 Å². The predicted octanol–water partition coefficient (Wildman–Crippen LogP) is 5.77. The highest BCUT2D eigenvalue weighted by Gasteiger charge is 2.45. The zero-order chi connectivity index (χ0) is 60.7. The minimum atomic E-state index is -3.82. The summed E-state index contributed by atoms with van der Waals surface area (Å²) in [4.78, 5) is 87.9. The van der Waals surface area contributed by atoms with Gasteiger partial charge in [-0.1, -0.05) is 72.9 Å². The van der Waals surface area contributed by atoms with Crippen molar-refractivity contribution in [1.29, 1.82) is 0 Å². The van der Waals surface area contributed by atoms with E-state index in [-0.39, 0.29) is 72.0 Å². The van der Waals surface area contributed by atoms with Gasteiger partial charge in [0.05, 0.1) is 92.9 Å². The Kier molecular flexibility index (Phi) is 25.0. The van der Waals surface area contributed by atoms with E-state index in [0.717, 1.165) is 21.3 Å². The number of hydrogen-bond donors (Lipinski definition) is 0. The number of esters is 4. The number of carbonyl (C=O) groups excluding carboxylic acids is 4. The van der Waals surface area contributed by atoms with Gasteiger partial charge < -0.3 is 51.8 Å². The van der Waals surface area contributed by atoms with Crippen molar-refractivity contribution < 1.29 is 70.7 Å². The molecule has 1 fully saturated rings. The second kappa shape index (κ2) is 32.2. The average molecular weight is 1180 g/mol. The molecule has 0 N–H and O–H groups in total.